The van der Waals surface area contributed by atoms with E-state index < -0.39 is 0 Å². The molecule has 3 nitrogen and oxygen atoms in total. The fourth-order valence-electron chi connectivity index (χ4n) is 0.231. The van der Waals surface area contributed by atoms with Crippen molar-refractivity contribution in [1.82, 2.24) is 10.6 Å². The van der Waals surface area contributed by atoms with Gasteiger partial charge in [0.1, 0.15) is 0 Å². The van der Waals surface area contributed by atoms with E-state index in [2.05, 4.69) is 10.6 Å². The van der Waals surface area contributed by atoms with Crippen molar-refractivity contribution in [3.05, 3.63) is 12.3 Å². The zero-order chi connectivity index (χ0) is 6.41. The molecule has 0 fully saturated rings. The molecule has 2 N–H and O–H groups in total. The van der Waals surface area contributed by atoms with Gasteiger partial charge in [-0.1, -0.05) is 6.08 Å². The SMILES string of the molecule is C/C=C/NC(=O)NC. The Morgan fingerprint density at radius 1 is 1.62 bits per heavy atom. The number of hydrogen-bond acceptors (Lipinski definition) is 1. The van der Waals surface area contributed by atoms with Crippen LogP contribution in [0.1, 0.15) is 6.92 Å². The van der Waals surface area contributed by atoms with Crippen LogP contribution in [0.2, 0.25) is 0 Å². The third-order valence-electron chi connectivity index (χ3n) is 0.608. The average molecular weight is 114 g/mol. The first kappa shape index (κ1) is 7.01. The Bertz CT molecular complexity index is 98.6. The van der Waals surface area contributed by atoms with Crippen LogP contribution in [0.3, 0.4) is 0 Å². The van der Waals surface area contributed by atoms with Crippen LogP contribution in [-0.2, 0) is 0 Å². The number of amides is 2. The third-order valence-corrected chi connectivity index (χ3v) is 0.608. The smallest absolute Gasteiger partial charge is 0.318 e. The van der Waals surface area contributed by atoms with Gasteiger partial charge in [0.2, 0.25) is 0 Å². The lowest BCUT2D eigenvalue weighted by molar-refractivity contribution is 0.246. The van der Waals surface area contributed by atoms with Gasteiger partial charge in [-0.15, -0.1) is 0 Å². The quantitative estimate of drug-likeness (QED) is 0.510. The second-order valence-electron chi connectivity index (χ2n) is 1.22. The average Bonchev–Trinajstić information content (AvgIpc) is 1.83. The van der Waals surface area contributed by atoms with Crippen molar-refractivity contribution in [2.24, 2.45) is 0 Å². The molecule has 0 radical (unpaired) electrons. The largest absolute Gasteiger partial charge is 0.341 e. The van der Waals surface area contributed by atoms with Gasteiger partial charge in [0.25, 0.3) is 0 Å². The normalized spacial score (nSPS) is 9.25. The molecule has 0 saturated heterocycles. The Labute approximate surface area is 48.8 Å². The maximum atomic E-state index is 10.3. The molecule has 46 valence electrons. The molecule has 8 heavy (non-hydrogen) atoms. The predicted molar refractivity (Wildman–Crippen MR) is 32.4 cm³/mol. The summed E-state index contributed by atoms with van der Waals surface area (Å²) < 4.78 is 0. The predicted octanol–water partition coefficient (Wildman–Crippen LogP) is 0.449. The number of carbonyl (C=O) groups excluding carboxylic acids is 1. The summed E-state index contributed by atoms with van der Waals surface area (Å²) in [5.41, 5.74) is 0. The number of allylic oxidation sites excluding steroid dienone is 1. The van der Waals surface area contributed by atoms with E-state index in [-0.39, 0.29) is 6.03 Å². The summed E-state index contributed by atoms with van der Waals surface area (Å²) in [5, 5.41) is 4.85. The summed E-state index contributed by atoms with van der Waals surface area (Å²) in [7, 11) is 1.57. The summed E-state index contributed by atoms with van der Waals surface area (Å²) in [6.07, 6.45) is 3.31. The summed E-state index contributed by atoms with van der Waals surface area (Å²) in [6, 6.07) is -0.192. The summed E-state index contributed by atoms with van der Waals surface area (Å²) in [4.78, 5) is 10.3. The minimum atomic E-state index is -0.192. The molecule has 0 aliphatic heterocycles. The lowest BCUT2D eigenvalue weighted by Crippen LogP contribution is -2.28. The Kier molecular flexibility index (Phi) is 3.66. The van der Waals surface area contributed by atoms with Crippen LogP contribution in [0.15, 0.2) is 12.3 Å². The first-order valence-corrected chi connectivity index (χ1v) is 2.40. The van der Waals surface area contributed by atoms with Crippen LogP contribution in [0, 0.1) is 0 Å². The van der Waals surface area contributed by atoms with Gasteiger partial charge < -0.3 is 10.6 Å². The molecule has 3 heteroatoms. The van der Waals surface area contributed by atoms with Crippen molar-refractivity contribution in [3.63, 3.8) is 0 Å². The molecule has 0 rings (SSSR count). The second kappa shape index (κ2) is 4.18. The molecule has 0 saturated carbocycles. The number of nitrogens with one attached hydrogen (secondary N) is 2. The van der Waals surface area contributed by atoms with E-state index in [0.717, 1.165) is 0 Å². The van der Waals surface area contributed by atoms with Gasteiger partial charge in [0, 0.05) is 13.2 Å². The Balaban J connectivity index is 3.25. The van der Waals surface area contributed by atoms with Crippen molar-refractivity contribution < 1.29 is 4.79 Å². The van der Waals surface area contributed by atoms with Crippen molar-refractivity contribution >= 4 is 6.03 Å². The van der Waals surface area contributed by atoms with Crippen molar-refractivity contribution in [2.75, 3.05) is 7.05 Å². The van der Waals surface area contributed by atoms with Gasteiger partial charge >= 0.3 is 6.03 Å². The van der Waals surface area contributed by atoms with Crippen molar-refractivity contribution in [3.8, 4) is 0 Å². The van der Waals surface area contributed by atoms with Gasteiger partial charge in [-0.05, 0) is 6.92 Å². The van der Waals surface area contributed by atoms with Crippen LogP contribution < -0.4 is 10.6 Å². The van der Waals surface area contributed by atoms with Crippen molar-refractivity contribution in [1.29, 1.82) is 0 Å². The number of rotatable bonds is 1. The van der Waals surface area contributed by atoms with Crippen LogP contribution in [-0.4, -0.2) is 13.1 Å². The minimum absolute atomic E-state index is 0.192. The molecule has 0 bridgehead atoms. The van der Waals surface area contributed by atoms with Crippen molar-refractivity contribution in [2.45, 2.75) is 6.92 Å². The van der Waals surface area contributed by atoms with E-state index in [0.29, 0.717) is 0 Å². The number of hydrogen-bond donors (Lipinski definition) is 2. The minimum Gasteiger partial charge on any atom is -0.341 e. The highest BCUT2D eigenvalue weighted by Gasteiger charge is 1.85. The lowest BCUT2D eigenvalue weighted by Gasteiger charge is -1.93. The van der Waals surface area contributed by atoms with E-state index in [1.807, 2.05) is 6.92 Å². The standard InChI is InChI=1S/C5H10N2O/c1-3-4-7-5(8)6-2/h3-4H,1-2H3,(H2,6,7,8)/b4-3+. The topological polar surface area (TPSA) is 41.1 Å². The monoisotopic (exact) mass is 114 g/mol. The molecule has 0 unspecified atom stereocenters. The maximum Gasteiger partial charge on any atom is 0.318 e. The zero-order valence-electron chi connectivity index (χ0n) is 5.06. The molecule has 0 aliphatic carbocycles. The number of carbonyl (C=O) groups is 1. The number of urea groups is 1. The highest BCUT2D eigenvalue weighted by atomic mass is 16.2. The van der Waals surface area contributed by atoms with E-state index in [9.17, 15) is 4.79 Å². The third kappa shape index (κ3) is 3.21. The van der Waals surface area contributed by atoms with Gasteiger partial charge in [0.15, 0.2) is 0 Å². The second-order valence-corrected chi connectivity index (χ2v) is 1.22. The van der Waals surface area contributed by atoms with Crippen LogP contribution in [0.5, 0.6) is 0 Å². The molecular weight excluding hydrogens is 104 g/mol. The molecular formula is C5H10N2O. The Morgan fingerprint density at radius 3 is 2.62 bits per heavy atom. The van der Waals surface area contributed by atoms with E-state index in [1.165, 1.54) is 0 Å². The molecule has 0 aromatic carbocycles. The van der Waals surface area contributed by atoms with E-state index in [4.69, 9.17) is 0 Å². The first-order valence-electron chi connectivity index (χ1n) is 2.40. The maximum absolute atomic E-state index is 10.3. The summed E-state index contributed by atoms with van der Waals surface area (Å²) >= 11 is 0. The summed E-state index contributed by atoms with van der Waals surface area (Å²) in [6.45, 7) is 1.83. The fourth-order valence-corrected chi connectivity index (χ4v) is 0.231. The summed E-state index contributed by atoms with van der Waals surface area (Å²) in [5.74, 6) is 0. The van der Waals surface area contributed by atoms with E-state index in [1.54, 1.807) is 19.3 Å². The molecule has 0 aliphatic rings. The van der Waals surface area contributed by atoms with Crippen LogP contribution >= 0.6 is 0 Å². The Morgan fingerprint density at radius 2 is 2.25 bits per heavy atom. The first-order chi connectivity index (χ1) is 3.81. The fraction of sp³-hybridized carbons (Fsp3) is 0.400. The van der Waals surface area contributed by atoms with Gasteiger partial charge in [0.05, 0.1) is 0 Å². The van der Waals surface area contributed by atoms with Gasteiger partial charge in [-0.25, -0.2) is 4.79 Å². The van der Waals surface area contributed by atoms with Crippen LogP contribution in [0.4, 0.5) is 4.79 Å². The highest BCUT2D eigenvalue weighted by molar-refractivity contribution is 5.74. The molecule has 0 aromatic rings. The Hall–Kier alpha value is -0.990. The molecule has 0 heterocycles. The molecule has 2 amide bonds. The zero-order valence-corrected chi connectivity index (χ0v) is 5.06. The lowest BCUT2D eigenvalue weighted by atomic mass is 10.7. The highest BCUT2D eigenvalue weighted by Crippen LogP contribution is 1.62. The van der Waals surface area contributed by atoms with Gasteiger partial charge in [-0.2, -0.15) is 0 Å². The molecule has 0 spiro atoms. The van der Waals surface area contributed by atoms with E-state index >= 15 is 0 Å². The van der Waals surface area contributed by atoms with Crippen LogP contribution in [0.25, 0.3) is 0 Å². The molecule has 0 aromatic heterocycles. The van der Waals surface area contributed by atoms with Gasteiger partial charge in [-0.3, -0.25) is 0 Å². The molecule has 0 atom stereocenters.